The number of aliphatic carboxylic acids is 1. The molecule has 2 unspecified atom stereocenters. The molecule has 0 aliphatic heterocycles. The first-order valence-electron chi connectivity index (χ1n) is 7.20. The molecule has 3 rings (SSSR count). The number of carboxylic acids is 1. The molecule has 114 valence electrons. The molecule has 0 radical (unpaired) electrons. The third-order valence-electron chi connectivity index (χ3n) is 3.74. The highest BCUT2D eigenvalue weighted by atomic mass is 16.5. The van der Waals surface area contributed by atoms with Gasteiger partial charge in [-0.3, -0.25) is 14.9 Å². The first kappa shape index (κ1) is 14.3. The molecule has 6 nitrogen and oxygen atoms in total. The largest absolute Gasteiger partial charge is 0.491 e. The van der Waals surface area contributed by atoms with Crippen LogP contribution >= 0.6 is 0 Å². The van der Waals surface area contributed by atoms with E-state index in [1.807, 2.05) is 30.4 Å². The number of carbonyl (C=O) groups is 1. The molecule has 2 aromatic heterocycles. The van der Waals surface area contributed by atoms with Crippen LogP contribution in [0.25, 0.3) is 11.4 Å². The number of nitrogens with zero attached hydrogens (tertiary/aromatic N) is 2. The van der Waals surface area contributed by atoms with Crippen LogP contribution in [-0.2, 0) is 4.79 Å². The second kappa shape index (κ2) is 6.43. The van der Waals surface area contributed by atoms with Crippen molar-refractivity contribution in [2.75, 3.05) is 6.61 Å². The summed E-state index contributed by atoms with van der Waals surface area (Å²) in [6, 6.07) is 5.56. The van der Waals surface area contributed by atoms with Crippen molar-refractivity contribution in [2.45, 2.75) is 12.8 Å². The lowest BCUT2D eigenvalue weighted by molar-refractivity contribution is -0.142. The molecule has 0 fully saturated rings. The number of hydrogen-bond donors (Lipinski definition) is 2. The molecule has 1 aliphatic rings. The van der Waals surface area contributed by atoms with Crippen molar-refractivity contribution in [3.8, 4) is 17.1 Å². The van der Waals surface area contributed by atoms with Crippen molar-refractivity contribution >= 4 is 5.97 Å². The molecule has 0 amide bonds. The summed E-state index contributed by atoms with van der Waals surface area (Å²) in [7, 11) is 0. The average molecular weight is 299 g/mol. The lowest BCUT2D eigenvalue weighted by Gasteiger charge is -2.21. The monoisotopic (exact) mass is 299 g/mol. The van der Waals surface area contributed by atoms with E-state index in [9.17, 15) is 4.79 Å². The first-order valence-corrected chi connectivity index (χ1v) is 7.20. The van der Waals surface area contributed by atoms with Gasteiger partial charge in [-0.1, -0.05) is 12.2 Å². The quantitative estimate of drug-likeness (QED) is 0.828. The van der Waals surface area contributed by atoms with Crippen LogP contribution in [0, 0.1) is 11.8 Å². The molecule has 22 heavy (non-hydrogen) atoms. The second-order valence-corrected chi connectivity index (χ2v) is 5.36. The van der Waals surface area contributed by atoms with Gasteiger partial charge in [0.1, 0.15) is 5.75 Å². The van der Waals surface area contributed by atoms with Gasteiger partial charge in [0, 0.05) is 12.1 Å². The predicted octanol–water partition coefficient (Wildman–Crippen LogP) is 2.52. The molecule has 2 heterocycles. The fourth-order valence-electron chi connectivity index (χ4n) is 2.53. The van der Waals surface area contributed by atoms with Gasteiger partial charge in [0.25, 0.3) is 0 Å². The van der Waals surface area contributed by atoms with Crippen molar-refractivity contribution in [1.82, 2.24) is 15.2 Å². The summed E-state index contributed by atoms with van der Waals surface area (Å²) >= 11 is 0. The fraction of sp³-hybridized carbons (Fsp3) is 0.312. The van der Waals surface area contributed by atoms with E-state index in [-0.39, 0.29) is 11.8 Å². The van der Waals surface area contributed by atoms with Crippen LogP contribution in [0.1, 0.15) is 12.8 Å². The Labute approximate surface area is 127 Å². The highest BCUT2D eigenvalue weighted by Crippen LogP contribution is 2.25. The summed E-state index contributed by atoms with van der Waals surface area (Å²) in [6.07, 6.45) is 8.52. The minimum atomic E-state index is -0.736. The van der Waals surface area contributed by atoms with E-state index in [1.165, 1.54) is 0 Å². The number of hydrogen-bond acceptors (Lipinski definition) is 4. The summed E-state index contributed by atoms with van der Waals surface area (Å²) in [5.41, 5.74) is 1.65. The molecule has 6 heteroatoms. The van der Waals surface area contributed by atoms with Crippen molar-refractivity contribution < 1.29 is 14.6 Å². The zero-order valence-corrected chi connectivity index (χ0v) is 12.0. The number of allylic oxidation sites excluding steroid dienone is 1. The van der Waals surface area contributed by atoms with Crippen molar-refractivity contribution in [3.05, 3.63) is 42.7 Å². The summed E-state index contributed by atoms with van der Waals surface area (Å²) in [5.74, 6) is -0.240. The molecule has 1 aliphatic carbocycles. The number of aromatic nitrogens is 3. The Kier molecular flexibility index (Phi) is 4.18. The number of rotatable bonds is 5. The van der Waals surface area contributed by atoms with Gasteiger partial charge in [-0.15, -0.1) is 0 Å². The molecule has 0 saturated heterocycles. The number of pyridine rings is 1. The van der Waals surface area contributed by atoms with E-state index < -0.39 is 5.97 Å². The van der Waals surface area contributed by atoms with Gasteiger partial charge in [-0.2, -0.15) is 5.10 Å². The van der Waals surface area contributed by atoms with Gasteiger partial charge in [-0.25, -0.2) is 0 Å². The van der Waals surface area contributed by atoms with Crippen LogP contribution in [0.5, 0.6) is 5.75 Å². The first-order chi connectivity index (χ1) is 10.7. The molecule has 0 aromatic carbocycles. The Morgan fingerprint density at radius 1 is 1.41 bits per heavy atom. The predicted molar refractivity (Wildman–Crippen MR) is 80.3 cm³/mol. The van der Waals surface area contributed by atoms with Crippen molar-refractivity contribution in [1.29, 1.82) is 0 Å². The Morgan fingerprint density at radius 3 is 3.00 bits per heavy atom. The summed E-state index contributed by atoms with van der Waals surface area (Å²) in [4.78, 5) is 15.4. The van der Waals surface area contributed by atoms with Crippen LogP contribution in [0.2, 0.25) is 0 Å². The van der Waals surface area contributed by atoms with Crippen LogP contribution < -0.4 is 4.74 Å². The summed E-state index contributed by atoms with van der Waals surface area (Å²) in [6.45, 7) is 0.464. The smallest absolute Gasteiger partial charge is 0.306 e. The minimum absolute atomic E-state index is 0.127. The van der Waals surface area contributed by atoms with E-state index in [2.05, 4.69) is 15.2 Å². The van der Waals surface area contributed by atoms with Gasteiger partial charge >= 0.3 is 5.97 Å². The number of nitrogens with one attached hydrogen (secondary N) is 1. The third-order valence-corrected chi connectivity index (χ3v) is 3.74. The van der Waals surface area contributed by atoms with Crippen LogP contribution in [0.3, 0.4) is 0 Å². The maximum absolute atomic E-state index is 11.0. The second-order valence-electron chi connectivity index (χ2n) is 5.36. The number of carboxylic acid groups (broad SMARTS) is 1. The third kappa shape index (κ3) is 3.33. The lowest BCUT2D eigenvalue weighted by Crippen LogP contribution is -2.23. The Morgan fingerprint density at radius 2 is 2.32 bits per heavy atom. The van der Waals surface area contributed by atoms with E-state index in [4.69, 9.17) is 9.84 Å². The normalized spacial score (nSPS) is 20.7. The molecular weight excluding hydrogens is 282 g/mol. The Balaban J connectivity index is 1.57. The maximum atomic E-state index is 11.0. The highest BCUT2D eigenvalue weighted by molar-refractivity contribution is 5.70. The Bertz CT molecular complexity index is 650. The average Bonchev–Trinajstić information content (AvgIpc) is 3.08. The Hall–Kier alpha value is -2.63. The van der Waals surface area contributed by atoms with E-state index >= 15 is 0 Å². The maximum Gasteiger partial charge on any atom is 0.306 e. The standard InChI is InChI=1S/C16H17N3O3/c20-16(21)12-3-1-2-11(8-12)10-22-13-4-5-14(17-9-13)15-6-7-18-19-15/h1-2,4-7,9,11-12H,3,8,10H2,(H,18,19)(H,20,21). The van der Waals surface area contributed by atoms with Gasteiger partial charge in [0.05, 0.1) is 30.1 Å². The summed E-state index contributed by atoms with van der Waals surface area (Å²) < 4.78 is 5.71. The van der Waals surface area contributed by atoms with Gasteiger partial charge in [0.15, 0.2) is 0 Å². The molecular formula is C16H17N3O3. The minimum Gasteiger partial charge on any atom is -0.491 e. The van der Waals surface area contributed by atoms with Crippen LogP contribution in [-0.4, -0.2) is 32.9 Å². The number of H-pyrrole nitrogens is 1. The van der Waals surface area contributed by atoms with Crippen LogP contribution in [0.15, 0.2) is 42.7 Å². The summed E-state index contributed by atoms with van der Waals surface area (Å²) in [5, 5.41) is 15.8. The molecule has 2 atom stereocenters. The molecule has 2 aromatic rings. The van der Waals surface area contributed by atoms with E-state index in [0.717, 1.165) is 11.4 Å². The van der Waals surface area contributed by atoms with Gasteiger partial charge < -0.3 is 9.84 Å². The number of ether oxygens (including phenoxy) is 1. The molecule has 0 saturated carbocycles. The van der Waals surface area contributed by atoms with E-state index in [1.54, 1.807) is 12.4 Å². The van der Waals surface area contributed by atoms with Crippen molar-refractivity contribution in [3.63, 3.8) is 0 Å². The van der Waals surface area contributed by atoms with Gasteiger partial charge in [0.2, 0.25) is 0 Å². The zero-order chi connectivity index (χ0) is 15.4. The number of aromatic amines is 1. The zero-order valence-electron chi connectivity index (χ0n) is 12.0. The fourth-order valence-corrected chi connectivity index (χ4v) is 2.53. The highest BCUT2D eigenvalue weighted by Gasteiger charge is 2.23. The van der Waals surface area contributed by atoms with Crippen LogP contribution in [0.4, 0.5) is 0 Å². The molecule has 0 spiro atoms. The molecule has 0 bridgehead atoms. The molecule has 2 N–H and O–H groups in total. The van der Waals surface area contributed by atoms with Gasteiger partial charge in [-0.05, 0) is 31.0 Å². The van der Waals surface area contributed by atoms with E-state index in [0.29, 0.717) is 25.2 Å². The topological polar surface area (TPSA) is 88.1 Å². The van der Waals surface area contributed by atoms with Crippen molar-refractivity contribution in [2.24, 2.45) is 11.8 Å². The SMILES string of the molecule is O=C(O)C1CC=CC(COc2ccc(-c3ccn[nH]3)nc2)C1. The lowest BCUT2D eigenvalue weighted by atomic mass is 9.87.